The first-order valence-electron chi connectivity index (χ1n) is 6.85. The highest BCUT2D eigenvalue weighted by Gasteiger charge is 2.13. The average Bonchev–Trinajstić information content (AvgIpc) is 2.54. The third-order valence-electron chi connectivity index (χ3n) is 3.33. The number of carbonyl (C=O) groups excluding carboxylic acids is 1. The summed E-state index contributed by atoms with van der Waals surface area (Å²) in [5.41, 5.74) is 2.39. The summed E-state index contributed by atoms with van der Waals surface area (Å²) in [6.45, 7) is 2.10. The standard InChI is InChI=1S/C17H18ClNO2/c1-3-15(12-7-5-4-6-8-12)19-16-11-13(17(20)21-2)9-10-14(16)18/h4-11,15,19H,3H2,1-2H3. The van der Waals surface area contributed by atoms with Crippen LogP contribution in [0.5, 0.6) is 0 Å². The van der Waals surface area contributed by atoms with Crippen LogP contribution in [0, 0.1) is 0 Å². The molecule has 1 N–H and O–H groups in total. The normalized spacial score (nSPS) is 11.8. The molecule has 21 heavy (non-hydrogen) atoms. The Hall–Kier alpha value is -2.00. The number of hydrogen-bond donors (Lipinski definition) is 1. The number of ether oxygens (including phenoxy) is 1. The van der Waals surface area contributed by atoms with Crippen molar-refractivity contribution in [1.82, 2.24) is 0 Å². The van der Waals surface area contributed by atoms with Crippen LogP contribution < -0.4 is 5.32 Å². The molecule has 2 rings (SSSR count). The number of nitrogens with one attached hydrogen (secondary N) is 1. The summed E-state index contributed by atoms with van der Waals surface area (Å²) in [4.78, 5) is 11.6. The summed E-state index contributed by atoms with van der Waals surface area (Å²) in [7, 11) is 1.36. The Morgan fingerprint density at radius 3 is 2.57 bits per heavy atom. The largest absolute Gasteiger partial charge is 0.465 e. The number of anilines is 1. The number of benzene rings is 2. The van der Waals surface area contributed by atoms with Crippen molar-refractivity contribution in [1.29, 1.82) is 0 Å². The van der Waals surface area contributed by atoms with E-state index < -0.39 is 0 Å². The Balaban J connectivity index is 2.27. The average molecular weight is 304 g/mol. The van der Waals surface area contributed by atoms with Gasteiger partial charge >= 0.3 is 5.97 Å². The minimum absolute atomic E-state index is 0.136. The summed E-state index contributed by atoms with van der Waals surface area (Å²) < 4.78 is 4.74. The fraction of sp³-hybridized carbons (Fsp3) is 0.235. The number of esters is 1. The fourth-order valence-corrected chi connectivity index (χ4v) is 2.35. The van der Waals surface area contributed by atoms with Crippen molar-refractivity contribution in [2.75, 3.05) is 12.4 Å². The van der Waals surface area contributed by atoms with Crippen LogP contribution in [0.25, 0.3) is 0 Å². The van der Waals surface area contributed by atoms with E-state index in [-0.39, 0.29) is 12.0 Å². The van der Waals surface area contributed by atoms with E-state index >= 15 is 0 Å². The second-order valence-electron chi connectivity index (χ2n) is 4.70. The van der Waals surface area contributed by atoms with Crippen LogP contribution in [0.3, 0.4) is 0 Å². The molecule has 1 unspecified atom stereocenters. The van der Waals surface area contributed by atoms with Crippen LogP contribution in [-0.4, -0.2) is 13.1 Å². The number of halogens is 1. The maximum Gasteiger partial charge on any atom is 0.337 e. The van der Waals surface area contributed by atoms with Gasteiger partial charge in [0, 0.05) is 0 Å². The van der Waals surface area contributed by atoms with Crippen LogP contribution in [0.2, 0.25) is 5.02 Å². The van der Waals surface area contributed by atoms with Gasteiger partial charge in [-0.25, -0.2) is 4.79 Å². The second-order valence-corrected chi connectivity index (χ2v) is 5.11. The molecular weight excluding hydrogens is 286 g/mol. The van der Waals surface area contributed by atoms with E-state index in [1.807, 2.05) is 18.2 Å². The summed E-state index contributed by atoms with van der Waals surface area (Å²) in [6, 6.07) is 15.4. The van der Waals surface area contributed by atoms with Gasteiger partial charge in [-0.15, -0.1) is 0 Å². The van der Waals surface area contributed by atoms with Crippen LogP contribution in [-0.2, 0) is 4.74 Å². The predicted octanol–water partition coefficient (Wildman–Crippen LogP) is 4.69. The van der Waals surface area contributed by atoms with Crippen molar-refractivity contribution in [2.45, 2.75) is 19.4 Å². The molecule has 0 saturated carbocycles. The SMILES string of the molecule is CCC(Nc1cc(C(=O)OC)ccc1Cl)c1ccccc1. The molecule has 0 aliphatic heterocycles. The summed E-state index contributed by atoms with van der Waals surface area (Å²) in [5, 5.41) is 3.97. The van der Waals surface area contributed by atoms with Crippen molar-refractivity contribution in [3.05, 3.63) is 64.7 Å². The van der Waals surface area contributed by atoms with Crippen molar-refractivity contribution in [3.8, 4) is 0 Å². The molecule has 4 heteroatoms. The molecule has 0 aliphatic rings. The smallest absolute Gasteiger partial charge is 0.337 e. The second kappa shape index (κ2) is 7.14. The lowest BCUT2D eigenvalue weighted by Gasteiger charge is -2.20. The first kappa shape index (κ1) is 15.4. The van der Waals surface area contributed by atoms with Gasteiger partial charge in [0.05, 0.1) is 29.4 Å². The van der Waals surface area contributed by atoms with Gasteiger partial charge in [0.1, 0.15) is 0 Å². The van der Waals surface area contributed by atoms with Gasteiger partial charge in [0.2, 0.25) is 0 Å². The Kier molecular flexibility index (Phi) is 5.23. The zero-order valence-corrected chi connectivity index (χ0v) is 12.9. The zero-order valence-electron chi connectivity index (χ0n) is 12.1. The monoisotopic (exact) mass is 303 g/mol. The predicted molar refractivity (Wildman–Crippen MR) is 85.9 cm³/mol. The van der Waals surface area contributed by atoms with Crippen LogP contribution in [0.1, 0.15) is 35.3 Å². The van der Waals surface area contributed by atoms with E-state index in [1.165, 1.54) is 12.7 Å². The topological polar surface area (TPSA) is 38.3 Å². The van der Waals surface area contributed by atoms with E-state index in [9.17, 15) is 4.79 Å². The third kappa shape index (κ3) is 3.76. The Bertz CT molecular complexity index is 613. The molecule has 0 radical (unpaired) electrons. The lowest BCUT2D eigenvalue weighted by atomic mass is 10.0. The maximum absolute atomic E-state index is 11.6. The Morgan fingerprint density at radius 2 is 1.95 bits per heavy atom. The molecular formula is C17H18ClNO2. The third-order valence-corrected chi connectivity index (χ3v) is 3.66. The minimum Gasteiger partial charge on any atom is -0.465 e. The maximum atomic E-state index is 11.6. The molecule has 3 nitrogen and oxygen atoms in total. The molecule has 0 heterocycles. The molecule has 110 valence electrons. The number of methoxy groups -OCH3 is 1. The van der Waals surface area contributed by atoms with Gasteiger partial charge in [-0.2, -0.15) is 0 Å². The van der Waals surface area contributed by atoms with Crippen LogP contribution in [0.15, 0.2) is 48.5 Å². The molecule has 1 atom stereocenters. The lowest BCUT2D eigenvalue weighted by molar-refractivity contribution is 0.0601. The van der Waals surface area contributed by atoms with Gasteiger partial charge in [-0.05, 0) is 30.2 Å². The number of rotatable bonds is 5. The molecule has 0 amide bonds. The van der Waals surface area contributed by atoms with Crippen molar-refractivity contribution in [3.63, 3.8) is 0 Å². The molecule has 0 spiro atoms. The highest BCUT2D eigenvalue weighted by molar-refractivity contribution is 6.33. The quantitative estimate of drug-likeness (QED) is 0.814. The molecule has 2 aromatic carbocycles. The molecule has 0 aromatic heterocycles. The summed E-state index contributed by atoms with van der Waals surface area (Å²) in [5.74, 6) is -0.373. The molecule has 2 aromatic rings. The molecule has 0 aliphatic carbocycles. The Morgan fingerprint density at radius 1 is 1.24 bits per heavy atom. The van der Waals surface area contributed by atoms with Crippen LogP contribution >= 0.6 is 11.6 Å². The highest BCUT2D eigenvalue weighted by Crippen LogP contribution is 2.29. The highest BCUT2D eigenvalue weighted by atomic mass is 35.5. The van der Waals surface area contributed by atoms with Gasteiger partial charge < -0.3 is 10.1 Å². The molecule has 0 fully saturated rings. The van der Waals surface area contributed by atoms with E-state index in [2.05, 4.69) is 24.4 Å². The van der Waals surface area contributed by atoms with Crippen molar-refractivity contribution >= 4 is 23.3 Å². The van der Waals surface area contributed by atoms with E-state index in [4.69, 9.17) is 16.3 Å². The molecule has 0 bridgehead atoms. The van der Waals surface area contributed by atoms with Crippen LogP contribution in [0.4, 0.5) is 5.69 Å². The van der Waals surface area contributed by atoms with E-state index in [0.717, 1.165) is 12.1 Å². The minimum atomic E-state index is -0.373. The Labute approximate surface area is 129 Å². The zero-order chi connectivity index (χ0) is 15.2. The van der Waals surface area contributed by atoms with E-state index in [1.54, 1.807) is 18.2 Å². The van der Waals surface area contributed by atoms with Gasteiger partial charge in [-0.3, -0.25) is 0 Å². The van der Waals surface area contributed by atoms with Gasteiger partial charge in [0.15, 0.2) is 0 Å². The van der Waals surface area contributed by atoms with Gasteiger partial charge in [-0.1, -0.05) is 48.9 Å². The van der Waals surface area contributed by atoms with E-state index in [0.29, 0.717) is 10.6 Å². The number of carbonyl (C=O) groups is 1. The first-order valence-corrected chi connectivity index (χ1v) is 7.22. The van der Waals surface area contributed by atoms with Crippen molar-refractivity contribution < 1.29 is 9.53 Å². The first-order chi connectivity index (χ1) is 10.2. The molecule has 0 saturated heterocycles. The van der Waals surface area contributed by atoms with Crippen molar-refractivity contribution in [2.24, 2.45) is 0 Å². The van der Waals surface area contributed by atoms with Gasteiger partial charge in [0.25, 0.3) is 0 Å². The summed E-state index contributed by atoms with van der Waals surface area (Å²) >= 11 is 6.22. The lowest BCUT2D eigenvalue weighted by Crippen LogP contribution is -2.11. The summed E-state index contributed by atoms with van der Waals surface area (Å²) in [6.07, 6.45) is 0.906. The number of hydrogen-bond acceptors (Lipinski definition) is 3. The fourth-order valence-electron chi connectivity index (χ4n) is 2.17.